The van der Waals surface area contributed by atoms with Crippen molar-refractivity contribution in [3.8, 4) is 11.8 Å². The number of ether oxygens (including phenoxy) is 2. The fourth-order valence-corrected chi connectivity index (χ4v) is 2.07. The maximum absolute atomic E-state index is 5.53. The molecule has 0 aromatic carbocycles. The number of rotatable bonds is 8. The third-order valence-electron chi connectivity index (χ3n) is 2.25. The summed E-state index contributed by atoms with van der Waals surface area (Å²) >= 11 is 1.66. The molecule has 4 heteroatoms. The van der Waals surface area contributed by atoms with Gasteiger partial charge in [0.15, 0.2) is 0 Å². The summed E-state index contributed by atoms with van der Waals surface area (Å²) in [6.45, 7) is 5.33. The lowest BCUT2D eigenvalue weighted by Gasteiger charge is -2.03. The molecule has 0 bridgehead atoms. The molecule has 1 heterocycles. The van der Waals surface area contributed by atoms with Crippen molar-refractivity contribution in [1.82, 2.24) is 0 Å². The first kappa shape index (κ1) is 15.2. The summed E-state index contributed by atoms with van der Waals surface area (Å²) in [6, 6.07) is 2.05. The van der Waals surface area contributed by atoms with E-state index in [-0.39, 0.29) is 0 Å². The molecule has 3 nitrogen and oxygen atoms in total. The van der Waals surface area contributed by atoms with Gasteiger partial charge in [-0.15, -0.1) is 11.3 Å². The zero-order valence-electron chi connectivity index (χ0n) is 10.9. The monoisotopic (exact) mass is 267 g/mol. The van der Waals surface area contributed by atoms with Crippen LogP contribution in [0.3, 0.4) is 0 Å². The Morgan fingerprint density at radius 3 is 2.89 bits per heavy atom. The first-order chi connectivity index (χ1) is 8.86. The Bertz CT molecular complexity index is 379. The van der Waals surface area contributed by atoms with E-state index in [4.69, 9.17) is 15.2 Å². The van der Waals surface area contributed by atoms with Gasteiger partial charge in [0.1, 0.15) is 0 Å². The van der Waals surface area contributed by atoms with Gasteiger partial charge in [-0.25, -0.2) is 0 Å². The fourth-order valence-electron chi connectivity index (χ4n) is 1.31. The SMILES string of the molecule is CCCCOCCOCc1cc(C#CCN)cs1. The molecular formula is C14H21NO2S. The van der Waals surface area contributed by atoms with Gasteiger partial charge in [-0.2, -0.15) is 0 Å². The van der Waals surface area contributed by atoms with Crippen molar-refractivity contribution in [2.75, 3.05) is 26.4 Å². The van der Waals surface area contributed by atoms with Crippen LogP contribution in [0.15, 0.2) is 11.4 Å². The lowest BCUT2D eigenvalue weighted by atomic mass is 10.3. The van der Waals surface area contributed by atoms with Crippen LogP contribution in [0.25, 0.3) is 0 Å². The molecular weight excluding hydrogens is 246 g/mol. The average Bonchev–Trinajstić information content (AvgIpc) is 2.83. The van der Waals surface area contributed by atoms with Crippen molar-refractivity contribution in [1.29, 1.82) is 0 Å². The highest BCUT2D eigenvalue weighted by Crippen LogP contribution is 2.14. The van der Waals surface area contributed by atoms with Crippen LogP contribution < -0.4 is 5.73 Å². The Morgan fingerprint density at radius 1 is 1.28 bits per heavy atom. The van der Waals surface area contributed by atoms with Crippen LogP contribution in [0.2, 0.25) is 0 Å². The topological polar surface area (TPSA) is 44.5 Å². The van der Waals surface area contributed by atoms with E-state index in [1.807, 2.05) is 11.4 Å². The Hall–Kier alpha value is -0.860. The maximum Gasteiger partial charge on any atom is 0.0810 e. The van der Waals surface area contributed by atoms with E-state index in [1.54, 1.807) is 11.3 Å². The second-order valence-corrected chi connectivity index (χ2v) is 4.82. The van der Waals surface area contributed by atoms with Crippen molar-refractivity contribution in [2.45, 2.75) is 26.4 Å². The summed E-state index contributed by atoms with van der Waals surface area (Å²) in [4.78, 5) is 1.19. The second-order valence-electron chi connectivity index (χ2n) is 3.83. The summed E-state index contributed by atoms with van der Waals surface area (Å²) in [6.07, 6.45) is 2.29. The first-order valence-corrected chi connectivity index (χ1v) is 7.16. The second kappa shape index (κ2) is 10.1. The van der Waals surface area contributed by atoms with Crippen LogP contribution in [0, 0.1) is 11.8 Å². The summed E-state index contributed by atoms with van der Waals surface area (Å²) in [7, 11) is 0. The van der Waals surface area contributed by atoms with Gasteiger partial charge < -0.3 is 15.2 Å². The van der Waals surface area contributed by atoms with E-state index in [1.165, 1.54) is 11.3 Å². The minimum absolute atomic E-state index is 0.400. The number of thiophene rings is 1. The Morgan fingerprint density at radius 2 is 2.11 bits per heavy atom. The van der Waals surface area contributed by atoms with Crippen LogP contribution >= 0.6 is 11.3 Å². The van der Waals surface area contributed by atoms with Crippen molar-refractivity contribution >= 4 is 11.3 Å². The number of hydrogen-bond acceptors (Lipinski definition) is 4. The van der Waals surface area contributed by atoms with Gasteiger partial charge in [0, 0.05) is 22.4 Å². The van der Waals surface area contributed by atoms with Crippen LogP contribution in [0.5, 0.6) is 0 Å². The molecule has 1 aromatic heterocycles. The van der Waals surface area contributed by atoms with E-state index in [0.717, 1.165) is 18.6 Å². The minimum Gasteiger partial charge on any atom is -0.379 e. The molecule has 0 spiro atoms. The van der Waals surface area contributed by atoms with Gasteiger partial charge in [-0.3, -0.25) is 0 Å². The Labute approximate surface area is 113 Å². The van der Waals surface area contributed by atoms with E-state index >= 15 is 0 Å². The van der Waals surface area contributed by atoms with E-state index in [0.29, 0.717) is 26.4 Å². The molecule has 0 saturated heterocycles. The molecule has 0 aliphatic carbocycles. The van der Waals surface area contributed by atoms with Gasteiger partial charge in [-0.05, 0) is 12.5 Å². The molecule has 0 atom stereocenters. The maximum atomic E-state index is 5.53. The molecule has 0 fully saturated rings. The Kier molecular flexibility index (Phi) is 8.53. The molecule has 0 aliphatic rings. The molecule has 0 unspecified atom stereocenters. The quantitative estimate of drug-likeness (QED) is 0.581. The van der Waals surface area contributed by atoms with Gasteiger partial charge in [0.25, 0.3) is 0 Å². The summed E-state index contributed by atoms with van der Waals surface area (Å²) in [5.74, 6) is 5.84. The van der Waals surface area contributed by atoms with Crippen LogP contribution in [-0.4, -0.2) is 26.4 Å². The number of nitrogens with two attached hydrogens (primary N) is 1. The van der Waals surface area contributed by atoms with Gasteiger partial charge in [0.05, 0.1) is 26.4 Å². The third kappa shape index (κ3) is 6.77. The molecule has 2 N–H and O–H groups in total. The largest absolute Gasteiger partial charge is 0.379 e. The van der Waals surface area contributed by atoms with E-state index in [9.17, 15) is 0 Å². The molecule has 1 rings (SSSR count). The van der Waals surface area contributed by atoms with Gasteiger partial charge in [-0.1, -0.05) is 25.2 Å². The molecule has 0 aliphatic heterocycles. The highest BCUT2D eigenvalue weighted by molar-refractivity contribution is 7.10. The molecule has 0 radical (unpaired) electrons. The van der Waals surface area contributed by atoms with Crippen molar-refractivity contribution in [3.63, 3.8) is 0 Å². The van der Waals surface area contributed by atoms with Crippen LogP contribution in [-0.2, 0) is 16.1 Å². The molecule has 100 valence electrons. The average molecular weight is 267 g/mol. The predicted molar refractivity (Wildman–Crippen MR) is 75.6 cm³/mol. The standard InChI is InChI=1S/C14H21NO2S/c1-2-3-7-16-8-9-17-11-14-10-13(12-18-14)5-4-6-15/h10,12H,2-3,6-9,11,15H2,1H3. The van der Waals surface area contributed by atoms with Gasteiger partial charge in [0.2, 0.25) is 0 Å². The van der Waals surface area contributed by atoms with E-state index in [2.05, 4.69) is 18.8 Å². The van der Waals surface area contributed by atoms with Crippen molar-refractivity contribution in [2.24, 2.45) is 5.73 Å². The van der Waals surface area contributed by atoms with Crippen LogP contribution in [0.4, 0.5) is 0 Å². The minimum atomic E-state index is 0.400. The third-order valence-corrected chi connectivity index (χ3v) is 3.16. The number of hydrogen-bond donors (Lipinski definition) is 1. The summed E-state index contributed by atoms with van der Waals surface area (Å²) in [5, 5.41) is 2.03. The highest BCUT2D eigenvalue weighted by Gasteiger charge is 1.98. The predicted octanol–water partition coefficient (Wildman–Crippen LogP) is 2.39. The zero-order valence-corrected chi connectivity index (χ0v) is 11.7. The highest BCUT2D eigenvalue weighted by atomic mass is 32.1. The first-order valence-electron chi connectivity index (χ1n) is 6.28. The molecule has 0 saturated carbocycles. The lowest BCUT2D eigenvalue weighted by molar-refractivity contribution is 0.0406. The summed E-state index contributed by atoms with van der Waals surface area (Å²) in [5.41, 5.74) is 6.34. The smallest absolute Gasteiger partial charge is 0.0810 e. The number of unbranched alkanes of at least 4 members (excludes halogenated alkanes) is 1. The fraction of sp³-hybridized carbons (Fsp3) is 0.571. The Balaban J connectivity index is 2.10. The lowest BCUT2D eigenvalue weighted by Crippen LogP contribution is -2.04. The normalized spacial score (nSPS) is 10.1. The molecule has 0 amide bonds. The molecule has 18 heavy (non-hydrogen) atoms. The van der Waals surface area contributed by atoms with E-state index < -0.39 is 0 Å². The van der Waals surface area contributed by atoms with Gasteiger partial charge >= 0.3 is 0 Å². The molecule has 1 aromatic rings. The zero-order chi connectivity index (χ0) is 13.1. The van der Waals surface area contributed by atoms with Crippen molar-refractivity contribution < 1.29 is 9.47 Å². The van der Waals surface area contributed by atoms with Crippen LogP contribution in [0.1, 0.15) is 30.2 Å². The van der Waals surface area contributed by atoms with Crippen molar-refractivity contribution in [3.05, 3.63) is 21.9 Å². The summed E-state index contributed by atoms with van der Waals surface area (Å²) < 4.78 is 10.9.